The monoisotopic (exact) mass is 199 g/mol. The van der Waals surface area contributed by atoms with Gasteiger partial charge >= 0.3 is 0 Å². The van der Waals surface area contributed by atoms with Gasteiger partial charge in [0.1, 0.15) is 0 Å². The third-order valence-electron chi connectivity index (χ3n) is 2.26. The molecular weight excluding hydrogens is 178 g/mol. The summed E-state index contributed by atoms with van der Waals surface area (Å²) >= 11 is 0. The maximum atomic E-state index is 5.51. The van der Waals surface area contributed by atoms with Gasteiger partial charge in [0.15, 0.2) is 0 Å². The number of likely N-dealkylation sites (N-methyl/N-ethyl adjacent to an activating group) is 1. The minimum atomic E-state index is 0.321. The van der Waals surface area contributed by atoms with Gasteiger partial charge in [-0.1, -0.05) is 13.5 Å². The van der Waals surface area contributed by atoms with Crippen molar-refractivity contribution >= 4 is 0 Å². The standard InChI is InChI=1S/C11H21NO2/c1-3-12-7-10(2)8-13-9-11-5-4-6-14-11/h11-12H,2-9H2,1H3. The minimum Gasteiger partial charge on any atom is -0.376 e. The average molecular weight is 199 g/mol. The predicted octanol–water partition coefficient (Wildman–Crippen LogP) is 1.35. The Kier molecular flexibility index (Phi) is 5.83. The Hall–Kier alpha value is -0.380. The number of hydrogen-bond donors (Lipinski definition) is 1. The molecule has 1 heterocycles. The zero-order valence-corrected chi connectivity index (χ0v) is 9.05. The third-order valence-corrected chi connectivity index (χ3v) is 2.26. The van der Waals surface area contributed by atoms with Crippen molar-refractivity contribution in [2.45, 2.75) is 25.9 Å². The Morgan fingerprint density at radius 1 is 1.64 bits per heavy atom. The van der Waals surface area contributed by atoms with Crippen LogP contribution in [0.3, 0.4) is 0 Å². The van der Waals surface area contributed by atoms with Crippen LogP contribution < -0.4 is 5.32 Å². The van der Waals surface area contributed by atoms with E-state index in [0.717, 1.165) is 31.7 Å². The van der Waals surface area contributed by atoms with Crippen molar-refractivity contribution < 1.29 is 9.47 Å². The van der Waals surface area contributed by atoms with Crippen LogP contribution in [0.25, 0.3) is 0 Å². The van der Waals surface area contributed by atoms with Gasteiger partial charge in [-0.3, -0.25) is 0 Å². The summed E-state index contributed by atoms with van der Waals surface area (Å²) in [5.41, 5.74) is 1.10. The molecule has 0 aliphatic carbocycles. The number of nitrogens with one attached hydrogen (secondary N) is 1. The maximum Gasteiger partial charge on any atom is 0.0809 e. The van der Waals surface area contributed by atoms with E-state index in [4.69, 9.17) is 9.47 Å². The fourth-order valence-corrected chi connectivity index (χ4v) is 1.46. The van der Waals surface area contributed by atoms with Crippen LogP contribution in [-0.2, 0) is 9.47 Å². The van der Waals surface area contributed by atoms with Crippen LogP contribution in [-0.4, -0.2) is 39.0 Å². The second kappa shape index (κ2) is 6.98. The van der Waals surface area contributed by atoms with Gasteiger partial charge in [0.05, 0.1) is 19.3 Å². The number of ether oxygens (including phenoxy) is 2. The first-order chi connectivity index (χ1) is 6.83. The first-order valence-corrected chi connectivity index (χ1v) is 5.39. The molecule has 3 nitrogen and oxygen atoms in total. The molecule has 0 bridgehead atoms. The molecule has 3 heteroatoms. The highest BCUT2D eigenvalue weighted by Crippen LogP contribution is 2.12. The van der Waals surface area contributed by atoms with E-state index in [1.807, 2.05) is 0 Å². The van der Waals surface area contributed by atoms with Crippen LogP contribution in [0.5, 0.6) is 0 Å². The van der Waals surface area contributed by atoms with E-state index < -0.39 is 0 Å². The van der Waals surface area contributed by atoms with Gasteiger partial charge in [-0.05, 0) is 25.0 Å². The zero-order valence-electron chi connectivity index (χ0n) is 9.05. The molecule has 1 fully saturated rings. The zero-order chi connectivity index (χ0) is 10.2. The Morgan fingerprint density at radius 2 is 2.50 bits per heavy atom. The molecule has 0 aromatic rings. The lowest BCUT2D eigenvalue weighted by Gasteiger charge is -2.11. The largest absolute Gasteiger partial charge is 0.376 e. The van der Waals surface area contributed by atoms with Crippen molar-refractivity contribution in [2.75, 3.05) is 32.9 Å². The van der Waals surface area contributed by atoms with E-state index in [-0.39, 0.29) is 0 Å². The second-order valence-electron chi connectivity index (χ2n) is 3.68. The summed E-state index contributed by atoms with van der Waals surface area (Å²) in [6.07, 6.45) is 2.63. The highest BCUT2D eigenvalue weighted by Gasteiger charge is 2.15. The van der Waals surface area contributed by atoms with Gasteiger partial charge in [0, 0.05) is 13.2 Å². The van der Waals surface area contributed by atoms with E-state index >= 15 is 0 Å². The quantitative estimate of drug-likeness (QED) is 0.628. The highest BCUT2D eigenvalue weighted by atomic mass is 16.5. The minimum absolute atomic E-state index is 0.321. The van der Waals surface area contributed by atoms with Gasteiger partial charge in [0.25, 0.3) is 0 Å². The highest BCUT2D eigenvalue weighted by molar-refractivity contribution is 4.96. The van der Waals surface area contributed by atoms with Crippen LogP contribution in [0.1, 0.15) is 19.8 Å². The fourth-order valence-electron chi connectivity index (χ4n) is 1.46. The smallest absolute Gasteiger partial charge is 0.0809 e. The summed E-state index contributed by atoms with van der Waals surface area (Å²) in [6.45, 7) is 10.1. The van der Waals surface area contributed by atoms with Crippen molar-refractivity contribution in [3.63, 3.8) is 0 Å². The van der Waals surface area contributed by atoms with Crippen LogP contribution in [0.15, 0.2) is 12.2 Å². The molecule has 1 aliphatic rings. The predicted molar refractivity (Wildman–Crippen MR) is 57.5 cm³/mol. The van der Waals surface area contributed by atoms with E-state index in [1.54, 1.807) is 0 Å². The molecule has 0 amide bonds. The fraction of sp³-hybridized carbons (Fsp3) is 0.818. The molecule has 1 saturated heterocycles. The lowest BCUT2D eigenvalue weighted by Crippen LogP contribution is -2.20. The summed E-state index contributed by atoms with van der Waals surface area (Å²) < 4.78 is 11.0. The van der Waals surface area contributed by atoms with Gasteiger partial charge in [-0.2, -0.15) is 0 Å². The Balaban J connectivity index is 1.94. The second-order valence-corrected chi connectivity index (χ2v) is 3.68. The summed E-state index contributed by atoms with van der Waals surface area (Å²) in [7, 11) is 0. The van der Waals surface area contributed by atoms with Gasteiger partial charge < -0.3 is 14.8 Å². The van der Waals surface area contributed by atoms with Crippen LogP contribution >= 0.6 is 0 Å². The van der Waals surface area contributed by atoms with Gasteiger partial charge in [0.2, 0.25) is 0 Å². The van der Waals surface area contributed by atoms with Crippen molar-refractivity contribution in [2.24, 2.45) is 0 Å². The Morgan fingerprint density at radius 3 is 3.14 bits per heavy atom. The normalized spacial score (nSPS) is 21.4. The van der Waals surface area contributed by atoms with E-state index in [2.05, 4.69) is 18.8 Å². The molecule has 0 radical (unpaired) electrons. The third kappa shape index (κ3) is 4.74. The Labute approximate surface area is 86.5 Å². The first kappa shape index (κ1) is 11.7. The summed E-state index contributed by atoms with van der Waals surface area (Å²) in [6, 6.07) is 0. The molecule has 1 N–H and O–H groups in total. The number of rotatable bonds is 7. The maximum absolute atomic E-state index is 5.51. The van der Waals surface area contributed by atoms with E-state index in [1.165, 1.54) is 6.42 Å². The van der Waals surface area contributed by atoms with Crippen LogP contribution in [0.2, 0.25) is 0 Å². The van der Waals surface area contributed by atoms with Crippen molar-refractivity contribution in [3.05, 3.63) is 12.2 Å². The van der Waals surface area contributed by atoms with E-state index in [0.29, 0.717) is 19.3 Å². The first-order valence-electron chi connectivity index (χ1n) is 5.39. The molecule has 0 aromatic carbocycles. The summed E-state index contributed by atoms with van der Waals surface area (Å²) in [4.78, 5) is 0. The molecule has 0 aromatic heterocycles. The average Bonchev–Trinajstić information content (AvgIpc) is 2.67. The lowest BCUT2D eigenvalue weighted by molar-refractivity contribution is 0.0245. The molecular formula is C11H21NO2. The molecule has 0 spiro atoms. The topological polar surface area (TPSA) is 30.5 Å². The molecule has 0 saturated carbocycles. The van der Waals surface area contributed by atoms with Crippen molar-refractivity contribution in [1.29, 1.82) is 0 Å². The molecule has 1 unspecified atom stereocenters. The van der Waals surface area contributed by atoms with Crippen molar-refractivity contribution in [1.82, 2.24) is 5.32 Å². The molecule has 1 aliphatic heterocycles. The molecule has 1 rings (SSSR count). The summed E-state index contributed by atoms with van der Waals surface area (Å²) in [5.74, 6) is 0. The van der Waals surface area contributed by atoms with E-state index in [9.17, 15) is 0 Å². The van der Waals surface area contributed by atoms with Gasteiger partial charge in [-0.25, -0.2) is 0 Å². The molecule has 14 heavy (non-hydrogen) atoms. The SMILES string of the molecule is C=C(CNCC)COCC1CCCO1. The van der Waals surface area contributed by atoms with Crippen LogP contribution in [0.4, 0.5) is 0 Å². The Bertz CT molecular complexity index is 165. The lowest BCUT2D eigenvalue weighted by atomic mass is 10.2. The number of hydrogen-bond acceptors (Lipinski definition) is 3. The molecule has 82 valence electrons. The molecule has 1 atom stereocenters. The van der Waals surface area contributed by atoms with Crippen molar-refractivity contribution in [3.8, 4) is 0 Å². The van der Waals surface area contributed by atoms with Gasteiger partial charge in [-0.15, -0.1) is 0 Å². The summed E-state index contributed by atoms with van der Waals surface area (Å²) in [5, 5.41) is 3.22. The van der Waals surface area contributed by atoms with Crippen LogP contribution in [0, 0.1) is 0 Å².